The number of methoxy groups -OCH3 is 1. The standard InChI is InChI=1S/C12H18BrClN2O/c1-17-7-6-15-4-5-16-9-10-2-3-11(13)12(14)8-10/h2-3,8,15-16H,4-7,9H2,1H3. The van der Waals surface area contributed by atoms with Gasteiger partial charge in [-0.05, 0) is 33.6 Å². The van der Waals surface area contributed by atoms with E-state index in [1.54, 1.807) is 7.11 Å². The van der Waals surface area contributed by atoms with Crippen molar-refractivity contribution >= 4 is 27.5 Å². The SMILES string of the molecule is COCCNCCNCc1ccc(Br)c(Cl)c1. The lowest BCUT2D eigenvalue weighted by Gasteiger charge is -2.07. The van der Waals surface area contributed by atoms with E-state index in [1.807, 2.05) is 12.1 Å². The van der Waals surface area contributed by atoms with Gasteiger partial charge in [0, 0.05) is 37.8 Å². The third-order valence-electron chi connectivity index (χ3n) is 2.27. The van der Waals surface area contributed by atoms with Crippen molar-refractivity contribution in [1.29, 1.82) is 0 Å². The second-order valence-corrected chi connectivity index (χ2v) is 4.93. The first-order chi connectivity index (χ1) is 8.24. The molecule has 96 valence electrons. The van der Waals surface area contributed by atoms with Crippen LogP contribution in [-0.4, -0.2) is 33.4 Å². The fourth-order valence-electron chi connectivity index (χ4n) is 1.36. The number of halogens is 2. The summed E-state index contributed by atoms with van der Waals surface area (Å²) >= 11 is 9.38. The number of rotatable bonds is 8. The third-order valence-corrected chi connectivity index (χ3v) is 3.51. The molecule has 5 heteroatoms. The number of ether oxygens (including phenoxy) is 1. The predicted octanol–water partition coefficient (Wildman–Crippen LogP) is 2.43. The second-order valence-electron chi connectivity index (χ2n) is 3.67. The summed E-state index contributed by atoms with van der Waals surface area (Å²) in [6, 6.07) is 5.99. The molecule has 17 heavy (non-hydrogen) atoms. The molecule has 0 spiro atoms. The van der Waals surface area contributed by atoms with Crippen LogP contribution in [0.25, 0.3) is 0 Å². The lowest BCUT2D eigenvalue weighted by atomic mass is 10.2. The van der Waals surface area contributed by atoms with Gasteiger partial charge in [-0.2, -0.15) is 0 Å². The van der Waals surface area contributed by atoms with E-state index < -0.39 is 0 Å². The Labute approximate surface area is 116 Å². The maximum Gasteiger partial charge on any atom is 0.0587 e. The Hall–Kier alpha value is -0.130. The highest BCUT2D eigenvalue weighted by Crippen LogP contribution is 2.22. The molecule has 0 saturated heterocycles. The molecule has 0 amide bonds. The van der Waals surface area contributed by atoms with Crippen molar-refractivity contribution in [3.05, 3.63) is 33.3 Å². The number of nitrogens with one attached hydrogen (secondary N) is 2. The molecule has 0 radical (unpaired) electrons. The largest absolute Gasteiger partial charge is 0.383 e. The van der Waals surface area contributed by atoms with Gasteiger partial charge in [-0.15, -0.1) is 0 Å². The molecule has 0 aromatic heterocycles. The minimum atomic E-state index is 0.752. The van der Waals surface area contributed by atoms with E-state index in [0.717, 1.165) is 42.3 Å². The highest BCUT2D eigenvalue weighted by atomic mass is 79.9. The van der Waals surface area contributed by atoms with Crippen molar-refractivity contribution in [1.82, 2.24) is 10.6 Å². The monoisotopic (exact) mass is 320 g/mol. The first kappa shape index (κ1) is 14.9. The van der Waals surface area contributed by atoms with E-state index in [2.05, 4.69) is 32.6 Å². The molecule has 0 fully saturated rings. The molecule has 3 nitrogen and oxygen atoms in total. The quantitative estimate of drug-likeness (QED) is 0.722. The van der Waals surface area contributed by atoms with Crippen molar-refractivity contribution in [2.24, 2.45) is 0 Å². The molecule has 1 aromatic rings. The molecule has 0 atom stereocenters. The zero-order chi connectivity index (χ0) is 12.5. The number of hydrogen-bond donors (Lipinski definition) is 2. The fraction of sp³-hybridized carbons (Fsp3) is 0.500. The van der Waals surface area contributed by atoms with Crippen LogP contribution >= 0.6 is 27.5 Å². The molecule has 2 N–H and O–H groups in total. The van der Waals surface area contributed by atoms with Crippen molar-refractivity contribution in [2.75, 3.05) is 33.4 Å². The minimum absolute atomic E-state index is 0.752. The van der Waals surface area contributed by atoms with E-state index in [1.165, 1.54) is 5.56 Å². The van der Waals surface area contributed by atoms with E-state index in [9.17, 15) is 0 Å². The summed E-state index contributed by atoms with van der Waals surface area (Å²) in [4.78, 5) is 0. The van der Waals surface area contributed by atoms with Gasteiger partial charge in [-0.3, -0.25) is 0 Å². The lowest BCUT2D eigenvalue weighted by molar-refractivity contribution is 0.199. The smallest absolute Gasteiger partial charge is 0.0587 e. The third kappa shape index (κ3) is 6.38. The first-order valence-corrected chi connectivity index (χ1v) is 6.75. The Morgan fingerprint density at radius 2 is 2.00 bits per heavy atom. The van der Waals surface area contributed by atoms with Crippen LogP contribution in [0.1, 0.15) is 5.56 Å². The van der Waals surface area contributed by atoms with Gasteiger partial charge in [0.1, 0.15) is 0 Å². The molecular weight excluding hydrogens is 304 g/mol. The van der Waals surface area contributed by atoms with Crippen LogP contribution in [0.2, 0.25) is 5.02 Å². The summed E-state index contributed by atoms with van der Waals surface area (Å²) in [5.41, 5.74) is 1.19. The molecule has 0 bridgehead atoms. The van der Waals surface area contributed by atoms with Gasteiger partial charge in [0.25, 0.3) is 0 Å². The van der Waals surface area contributed by atoms with Crippen LogP contribution in [0.5, 0.6) is 0 Å². The molecule has 0 aliphatic heterocycles. The van der Waals surface area contributed by atoms with Crippen molar-refractivity contribution in [3.63, 3.8) is 0 Å². The maximum absolute atomic E-state index is 6.01. The second kappa shape index (κ2) is 8.89. The minimum Gasteiger partial charge on any atom is -0.383 e. The highest BCUT2D eigenvalue weighted by molar-refractivity contribution is 9.10. The Balaban J connectivity index is 2.11. The Kier molecular flexibility index (Phi) is 7.81. The van der Waals surface area contributed by atoms with E-state index >= 15 is 0 Å². The number of hydrogen-bond acceptors (Lipinski definition) is 3. The molecule has 0 unspecified atom stereocenters. The summed E-state index contributed by atoms with van der Waals surface area (Å²) in [6.07, 6.45) is 0. The van der Waals surface area contributed by atoms with Crippen LogP contribution in [0.15, 0.2) is 22.7 Å². The van der Waals surface area contributed by atoms with Gasteiger partial charge in [0.2, 0.25) is 0 Å². The molecule has 1 rings (SSSR count). The molecule has 0 heterocycles. The van der Waals surface area contributed by atoms with Crippen LogP contribution < -0.4 is 10.6 Å². The summed E-state index contributed by atoms with van der Waals surface area (Å²) < 4.78 is 5.87. The van der Waals surface area contributed by atoms with Gasteiger partial charge in [0.15, 0.2) is 0 Å². The highest BCUT2D eigenvalue weighted by Gasteiger charge is 1.98. The summed E-state index contributed by atoms with van der Waals surface area (Å²) in [7, 11) is 1.71. The average Bonchev–Trinajstić information content (AvgIpc) is 2.32. The molecule has 0 aliphatic carbocycles. The molecule has 0 saturated carbocycles. The van der Waals surface area contributed by atoms with Crippen molar-refractivity contribution < 1.29 is 4.74 Å². The first-order valence-electron chi connectivity index (χ1n) is 5.58. The van der Waals surface area contributed by atoms with Gasteiger partial charge in [-0.1, -0.05) is 17.7 Å². The Morgan fingerprint density at radius 3 is 2.71 bits per heavy atom. The van der Waals surface area contributed by atoms with E-state index in [-0.39, 0.29) is 0 Å². The fourth-order valence-corrected chi connectivity index (χ4v) is 1.81. The van der Waals surface area contributed by atoms with Gasteiger partial charge in [0.05, 0.1) is 11.6 Å². The normalized spacial score (nSPS) is 10.8. The van der Waals surface area contributed by atoms with Gasteiger partial charge >= 0.3 is 0 Å². The Bertz CT molecular complexity index is 336. The zero-order valence-corrected chi connectivity index (χ0v) is 12.3. The molecule has 1 aromatic carbocycles. The topological polar surface area (TPSA) is 33.3 Å². The van der Waals surface area contributed by atoms with Crippen molar-refractivity contribution in [2.45, 2.75) is 6.54 Å². The van der Waals surface area contributed by atoms with Crippen LogP contribution in [-0.2, 0) is 11.3 Å². The van der Waals surface area contributed by atoms with E-state index in [4.69, 9.17) is 16.3 Å². The zero-order valence-electron chi connectivity index (χ0n) is 9.93. The summed E-state index contributed by atoms with van der Waals surface area (Å²) in [6.45, 7) is 4.34. The summed E-state index contributed by atoms with van der Waals surface area (Å²) in [5, 5.41) is 7.37. The van der Waals surface area contributed by atoms with E-state index in [0.29, 0.717) is 0 Å². The molecular formula is C12H18BrClN2O. The lowest BCUT2D eigenvalue weighted by Crippen LogP contribution is -2.29. The maximum atomic E-state index is 6.01. The predicted molar refractivity (Wildman–Crippen MR) is 75.6 cm³/mol. The average molecular weight is 322 g/mol. The molecule has 0 aliphatic rings. The van der Waals surface area contributed by atoms with Gasteiger partial charge in [-0.25, -0.2) is 0 Å². The summed E-state index contributed by atoms with van der Waals surface area (Å²) in [5.74, 6) is 0. The Morgan fingerprint density at radius 1 is 1.24 bits per heavy atom. The van der Waals surface area contributed by atoms with Gasteiger partial charge < -0.3 is 15.4 Å². The van der Waals surface area contributed by atoms with Crippen LogP contribution in [0.4, 0.5) is 0 Å². The van der Waals surface area contributed by atoms with Crippen molar-refractivity contribution in [3.8, 4) is 0 Å². The van der Waals surface area contributed by atoms with Crippen LogP contribution in [0.3, 0.4) is 0 Å². The number of benzene rings is 1. The van der Waals surface area contributed by atoms with Crippen LogP contribution in [0, 0.1) is 0 Å².